The molecule has 1 saturated heterocycles. The molecule has 0 aliphatic carbocycles. The van der Waals surface area contributed by atoms with Gasteiger partial charge in [-0.25, -0.2) is 13.4 Å². The van der Waals surface area contributed by atoms with Gasteiger partial charge < -0.3 is 4.74 Å². The van der Waals surface area contributed by atoms with E-state index in [2.05, 4.69) is 4.98 Å². The van der Waals surface area contributed by atoms with Crippen molar-refractivity contribution in [2.45, 2.75) is 17.2 Å². The first-order valence-electron chi connectivity index (χ1n) is 7.03. The van der Waals surface area contributed by atoms with Gasteiger partial charge in [0.05, 0.1) is 18.0 Å². The summed E-state index contributed by atoms with van der Waals surface area (Å²) < 4.78 is 69.0. The fraction of sp³-hybridized carbons (Fsp3) is 0.267. The van der Waals surface area contributed by atoms with Crippen molar-refractivity contribution in [1.29, 1.82) is 0 Å². The predicted octanol–water partition coefficient (Wildman–Crippen LogP) is 2.55. The van der Waals surface area contributed by atoms with Crippen molar-refractivity contribution >= 4 is 10.0 Å². The topological polar surface area (TPSA) is 59.5 Å². The molecular formula is C15H13F3N2O3S. The van der Waals surface area contributed by atoms with Gasteiger partial charge in [0.15, 0.2) is 0 Å². The number of hydrogen-bond acceptors (Lipinski definition) is 4. The van der Waals surface area contributed by atoms with Crippen molar-refractivity contribution in [1.82, 2.24) is 9.29 Å². The van der Waals surface area contributed by atoms with Crippen molar-refractivity contribution < 1.29 is 26.3 Å². The molecular weight excluding hydrogens is 345 g/mol. The highest BCUT2D eigenvalue weighted by Gasteiger charge is 2.39. The maximum atomic E-state index is 12.6. The molecule has 0 amide bonds. The summed E-state index contributed by atoms with van der Waals surface area (Å²) in [5.74, 6) is -0.174. The van der Waals surface area contributed by atoms with Gasteiger partial charge in [-0.15, -0.1) is 0 Å². The predicted molar refractivity (Wildman–Crippen MR) is 78.9 cm³/mol. The highest BCUT2D eigenvalue weighted by atomic mass is 32.2. The van der Waals surface area contributed by atoms with Crippen LogP contribution in [0.15, 0.2) is 53.4 Å². The third-order valence-corrected chi connectivity index (χ3v) is 5.34. The second-order valence-corrected chi connectivity index (χ2v) is 7.17. The van der Waals surface area contributed by atoms with Crippen LogP contribution >= 0.6 is 0 Å². The van der Waals surface area contributed by atoms with Gasteiger partial charge in [0.1, 0.15) is 11.8 Å². The Morgan fingerprint density at radius 3 is 2.33 bits per heavy atom. The molecule has 2 heterocycles. The zero-order chi connectivity index (χ0) is 17.4. The number of rotatable bonds is 4. The van der Waals surface area contributed by atoms with E-state index in [1.807, 2.05) is 0 Å². The zero-order valence-corrected chi connectivity index (χ0v) is 13.1. The second-order valence-electron chi connectivity index (χ2n) is 5.23. The number of pyridine rings is 1. The first-order chi connectivity index (χ1) is 11.3. The maximum Gasteiger partial charge on any atom is 0.433 e. The molecule has 1 aromatic heterocycles. The van der Waals surface area contributed by atoms with Crippen molar-refractivity contribution in [2.75, 3.05) is 13.1 Å². The molecule has 3 rings (SSSR count). The molecule has 1 aliphatic heterocycles. The van der Waals surface area contributed by atoms with Crippen LogP contribution in [0.1, 0.15) is 5.69 Å². The fourth-order valence-corrected chi connectivity index (χ4v) is 3.75. The minimum Gasteiger partial charge on any atom is -0.472 e. The van der Waals surface area contributed by atoms with Crippen molar-refractivity contribution in [3.8, 4) is 5.88 Å². The lowest BCUT2D eigenvalue weighted by atomic mass is 10.2. The van der Waals surface area contributed by atoms with Gasteiger partial charge in [0.2, 0.25) is 15.9 Å². The highest BCUT2D eigenvalue weighted by Crippen LogP contribution is 2.29. The summed E-state index contributed by atoms with van der Waals surface area (Å²) in [6.07, 6.45) is -5.08. The van der Waals surface area contributed by atoms with Crippen LogP contribution in [0.5, 0.6) is 5.88 Å². The van der Waals surface area contributed by atoms with Gasteiger partial charge in [-0.1, -0.05) is 24.3 Å². The van der Waals surface area contributed by atoms with E-state index >= 15 is 0 Å². The molecule has 2 aromatic rings. The summed E-state index contributed by atoms with van der Waals surface area (Å²) >= 11 is 0. The molecule has 0 radical (unpaired) electrons. The number of hydrogen-bond donors (Lipinski definition) is 0. The van der Waals surface area contributed by atoms with Crippen molar-refractivity contribution in [3.05, 3.63) is 54.2 Å². The van der Waals surface area contributed by atoms with Gasteiger partial charge >= 0.3 is 6.18 Å². The number of ether oxygens (including phenoxy) is 1. The Bertz CT molecular complexity index is 819. The summed E-state index contributed by atoms with van der Waals surface area (Å²) in [7, 11) is -3.61. The number of benzene rings is 1. The Morgan fingerprint density at radius 1 is 1.04 bits per heavy atom. The zero-order valence-electron chi connectivity index (χ0n) is 12.3. The molecule has 0 unspecified atom stereocenters. The normalized spacial score (nSPS) is 16.6. The van der Waals surface area contributed by atoms with Gasteiger partial charge in [0.25, 0.3) is 0 Å². The monoisotopic (exact) mass is 358 g/mol. The molecule has 128 valence electrons. The number of nitrogens with zero attached hydrogens (tertiary/aromatic N) is 2. The van der Waals surface area contributed by atoms with E-state index in [9.17, 15) is 21.6 Å². The average molecular weight is 358 g/mol. The van der Waals surface area contributed by atoms with E-state index in [1.54, 1.807) is 18.2 Å². The minimum atomic E-state index is -4.55. The molecule has 0 saturated carbocycles. The van der Waals surface area contributed by atoms with Crippen LogP contribution in [0.3, 0.4) is 0 Å². The van der Waals surface area contributed by atoms with E-state index in [-0.39, 0.29) is 23.9 Å². The summed E-state index contributed by atoms with van der Waals surface area (Å²) in [5, 5.41) is 0. The van der Waals surface area contributed by atoms with E-state index in [1.165, 1.54) is 28.6 Å². The molecule has 1 aromatic carbocycles. The number of sulfonamides is 1. The highest BCUT2D eigenvalue weighted by molar-refractivity contribution is 7.89. The Morgan fingerprint density at radius 2 is 1.71 bits per heavy atom. The minimum absolute atomic E-state index is 0.0646. The van der Waals surface area contributed by atoms with Crippen LogP contribution in [0.2, 0.25) is 0 Å². The second kappa shape index (κ2) is 6.06. The number of alkyl halides is 3. The molecule has 1 fully saturated rings. The van der Waals surface area contributed by atoms with Crippen LogP contribution in [0, 0.1) is 0 Å². The Hall–Kier alpha value is -2.13. The number of aromatic nitrogens is 1. The largest absolute Gasteiger partial charge is 0.472 e. The first-order valence-corrected chi connectivity index (χ1v) is 8.47. The average Bonchev–Trinajstić information content (AvgIpc) is 2.50. The standard InChI is InChI=1S/C15H13F3N2O3S/c16-15(17,18)13-7-4-8-14(19-13)23-11-9-20(10-11)24(21,22)12-5-2-1-3-6-12/h1-8,11H,9-10H2. The summed E-state index contributed by atoms with van der Waals surface area (Å²) in [6.45, 7) is 0.129. The van der Waals surface area contributed by atoms with Crippen LogP contribution in [-0.2, 0) is 16.2 Å². The lowest BCUT2D eigenvalue weighted by molar-refractivity contribution is -0.141. The van der Waals surface area contributed by atoms with Crippen molar-refractivity contribution in [2.24, 2.45) is 0 Å². The summed E-state index contributed by atoms with van der Waals surface area (Å²) in [6, 6.07) is 11.3. The van der Waals surface area contributed by atoms with Gasteiger partial charge in [0, 0.05) is 6.07 Å². The third kappa shape index (κ3) is 3.36. The molecule has 1 aliphatic rings. The quantitative estimate of drug-likeness (QED) is 0.843. The van der Waals surface area contributed by atoms with Crippen LogP contribution in [0.25, 0.3) is 0 Å². The van der Waals surface area contributed by atoms with Crippen LogP contribution in [-0.4, -0.2) is 36.9 Å². The number of halogens is 3. The molecule has 0 atom stereocenters. The lowest BCUT2D eigenvalue weighted by Crippen LogP contribution is -2.56. The Balaban J connectivity index is 1.64. The Labute approximate surface area is 136 Å². The fourth-order valence-electron chi connectivity index (χ4n) is 2.22. The molecule has 0 bridgehead atoms. The molecule has 9 heteroatoms. The van der Waals surface area contributed by atoms with Crippen LogP contribution in [0.4, 0.5) is 13.2 Å². The summed E-state index contributed by atoms with van der Waals surface area (Å²) in [4.78, 5) is 3.56. The van der Waals surface area contributed by atoms with Gasteiger partial charge in [-0.05, 0) is 18.2 Å². The molecule has 5 nitrogen and oxygen atoms in total. The molecule has 0 spiro atoms. The van der Waals surface area contributed by atoms with E-state index in [0.29, 0.717) is 0 Å². The lowest BCUT2D eigenvalue weighted by Gasteiger charge is -2.37. The summed E-state index contributed by atoms with van der Waals surface area (Å²) in [5.41, 5.74) is -1.05. The maximum absolute atomic E-state index is 12.6. The molecule has 0 N–H and O–H groups in total. The van der Waals surface area contributed by atoms with Crippen LogP contribution < -0.4 is 4.74 Å². The third-order valence-electron chi connectivity index (χ3n) is 3.50. The van der Waals surface area contributed by atoms with Gasteiger partial charge in [-0.3, -0.25) is 0 Å². The van der Waals surface area contributed by atoms with E-state index < -0.39 is 28.0 Å². The van der Waals surface area contributed by atoms with Gasteiger partial charge in [-0.2, -0.15) is 17.5 Å². The first kappa shape index (κ1) is 16.7. The van der Waals surface area contributed by atoms with E-state index in [4.69, 9.17) is 4.74 Å². The smallest absolute Gasteiger partial charge is 0.433 e. The molecule has 24 heavy (non-hydrogen) atoms. The SMILES string of the molecule is O=S(=O)(c1ccccc1)N1CC(Oc2cccc(C(F)(F)F)n2)C1. The van der Waals surface area contributed by atoms with E-state index in [0.717, 1.165) is 6.07 Å². The Kier molecular flexibility index (Phi) is 4.22. The van der Waals surface area contributed by atoms with Crippen molar-refractivity contribution in [3.63, 3.8) is 0 Å².